The lowest BCUT2D eigenvalue weighted by atomic mass is 10.1. The SMILES string of the molecule is Cc1cc(C#CCN)cc(C(=O)N(CC#N)CC#N)c1. The van der Waals surface area contributed by atoms with Crippen LogP contribution in [0.3, 0.4) is 0 Å². The molecule has 0 aromatic heterocycles. The van der Waals surface area contributed by atoms with Crippen molar-refractivity contribution in [1.82, 2.24) is 4.90 Å². The van der Waals surface area contributed by atoms with Crippen LogP contribution in [0.15, 0.2) is 18.2 Å². The Morgan fingerprint density at radius 3 is 2.45 bits per heavy atom. The maximum Gasteiger partial charge on any atom is 0.255 e. The molecule has 2 N–H and O–H groups in total. The van der Waals surface area contributed by atoms with Crippen molar-refractivity contribution in [1.29, 1.82) is 10.5 Å². The fourth-order valence-electron chi connectivity index (χ4n) is 1.68. The Morgan fingerprint density at radius 1 is 1.25 bits per heavy atom. The van der Waals surface area contributed by atoms with E-state index >= 15 is 0 Å². The summed E-state index contributed by atoms with van der Waals surface area (Å²) in [5.41, 5.74) is 7.30. The summed E-state index contributed by atoms with van der Waals surface area (Å²) in [5.74, 6) is 5.24. The number of rotatable bonds is 3. The first-order chi connectivity index (χ1) is 9.62. The molecule has 0 spiro atoms. The number of nitrogens with zero attached hydrogens (tertiary/aromatic N) is 3. The van der Waals surface area contributed by atoms with E-state index in [-0.39, 0.29) is 25.5 Å². The van der Waals surface area contributed by atoms with Gasteiger partial charge in [0, 0.05) is 11.1 Å². The first-order valence-corrected chi connectivity index (χ1v) is 5.96. The molecule has 1 amide bonds. The van der Waals surface area contributed by atoms with E-state index in [2.05, 4.69) is 11.8 Å². The van der Waals surface area contributed by atoms with Crippen molar-refractivity contribution in [3.63, 3.8) is 0 Å². The van der Waals surface area contributed by atoms with Crippen molar-refractivity contribution < 1.29 is 4.79 Å². The molecule has 0 heterocycles. The number of hydrogen-bond donors (Lipinski definition) is 1. The minimum Gasteiger partial charge on any atom is -0.320 e. The predicted octanol–water partition coefficient (Wildman–Crippen LogP) is 0.795. The standard InChI is InChI=1S/C15H14N4O/c1-12-9-13(3-2-4-16)11-14(10-12)15(20)19(7-5-17)8-6-18/h9-11H,4,7-8,16H2,1H3. The van der Waals surface area contributed by atoms with Crippen LogP contribution in [0.5, 0.6) is 0 Å². The summed E-state index contributed by atoms with van der Waals surface area (Å²) in [7, 11) is 0. The van der Waals surface area contributed by atoms with Gasteiger partial charge in [-0.25, -0.2) is 0 Å². The van der Waals surface area contributed by atoms with Gasteiger partial charge in [0.2, 0.25) is 0 Å². The van der Waals surface area contributed by atoms with Crippen LogP contribution in [-0.2, 0) is 0 Å². The van der Waals surface area contributed by atoms with Crippen molar-refractivity contribution in [2.75, 3.05) is 19.6 Å². The predicted molar refractivity (Wildman–Crippen MR) is 74.2 cm³/mol. The molecule has 0 aliphatic rings. The van der Waals surface area contributed by atoms with Gasteiger partial charge in [-0.15, -0.1) is 0 Å². The molecule has 1 aromatic rings. The first kappa shape index (κ1) is 15.2. The van der Waals surface area contributed by atoms with Gasteiger partial charge in [0.05, 0.1) is 18.7 Å². The van der Waals surface area contributed by atoms with Gasteiger partial charge in [-0.05, 0) is 30.7 Å². The van der Waals surface area contributed by atoms with Crippen LogP contribution in [0.25, 0.3) is 0 Å². The Balaban J connectivity index is 3.12. The molecule has 1 aromatic carbocycles. The Hall–Kier alpha value is -2.81. The summed E-state index contributed by atoms with van der Waals surface area (Å²) < 4.78 is 0. The van der Waals surface area contributed by atoms with Gasteiger partial charge in [-0.2, -0.15) is 10.5 Å². The molecule has 0 saturated carbocycles. The highest BCUT2D eigenvalue weighted by Crippen LogP contribution is 2.11. The van der Waals surface area contributed by atoms with Gasteiger partial charge in [0.25, 0.3) is 5.91 Å². The topological polar surface area (TPSA) is 93.9 Å². The summed E-state index contributed by atoms with van der Waals surface area (Å²) >= 11 is 0. The normalized spacial score (nSPS) is 8.80. The lowest BCUT2D eigenvalue weighted by Crippen LogP contribution is -2.31. The molecule has 1 rings (SSSR count). The molecule has 20 heavy (non-hydrogen) atoms. The van der Waals surface area contributed by atoms with Gasteiger partial charge >= 0.3 is 0 Å². The van der Waals surface area contributed by atoms with Crippen molar-refractivity contribution >= 4 is 5.91 Å². The summed E-state index contributed by atoms with van der Waals surface area (Å²) in [6.45, 7) is 1.85. The first-order valence-electron chi connectivity index (χ1n) is 5.96. The van der Waals surface area contributed by atoms with Gasteiger partial charge in [-0.3, -0.25) is 4.79 Å². The van der Waals surface area contributed by atoms with E-state index in [1.165, 1.54) is 4.90 Å². The highest BCUT2D eigenvalue weighted by atomic mass is 16.2. The third-order valence-electron chi connectivity index (χ3n) is 2.47. The molecule has 0 fully saturated rings. The average molecular weight is 266 g/mol. The molecule has 0 aliphatic heterocycles. The number of amides is 1. The van der Waals surface area contributed by atoms with Crippen molar-refractivity contribution in [3.8, 4) is 24.0 Å². The number of nitrogens with two attached hydrogens (primary N) is 1. The maximum absolute atomic E-state index is 12.3. The Morgan fingerprint density at radius 2 is 1.90 bits per heavy atom. The average Bonchev–Trinajstić information content (AvgIpc) is 2.43. The lowest BCUT2D eigenvalue weighted by molar-refractivity contribution is 0.0794. The molecule has 100 valence electrons. The monoisotopic (exact) mass is 266 g/mol. The third-order valence-corrected chi connectivity index (χ3v) is 2.47. The number of aryl methyl sites for hydroxylation is 1. The molecule has 0 atom stereocenters. The van der Waals surface area contributed by atoms with Crippen LogP contribution >= 0.6 is 0 Å². The second kappa shape index (κ2) is 7.59. The van der Waals surface area contributed by atoms with E-state index in [1.54, 1.807) is 12.1 Å². The number of hydrogen-bond acceptors (Lipinski definition) is 4. The van der Waals surface area contributed by atoms with E-state index in [4.69, 9.17) is 16.3 Å². The number of carbonyl (C=O) groups excluding carboxylic acids is 1. The Labute approximate surface area is 118 Å². The fourth-order valence-corrected chi connectivity index (χ4v) is 1.68. The number of carbonyl (C=O) groups is 1. The van der Waals surface area contributed by atoms with Crippen LogP contribution in [-0.4, -0.2) is 30.4 Å². The van der Waals surface area contributed by atoms with Gasteiger partial charge in [-0.1, -0.05) is 11.8 Å². The molecule has 0 unspecified atom stereocenters. The molecular formula is C15H14N4O. The second-order valence-corrected chi connectivity index (χ2v) is 4.07. The van der Waals surface area contributed by atoms with Crippen LogP contribution in [0.1, 0.15) is 21.5 Å². The van der Waals surface area contributed by atoms with E-state index in [0.29, 0.717) is 11.1 Å². The number of nitriles is 2. The Bertz CT molecular complexity index is 625. The molecule has 0 bridgehead atoms. The van der Waals surface area contributed by atoms with E-state index in [9.17, 15) is 4.79 Å². The molecule has 5 nitrogen and oxygen atoms in total. The fraction of sp³-hybridized carbons (Fsp3) is 0.267. The van der Waals surface area contributed by atoms with E-state index in [0.717, 1.165) is 5.56 Å². The highest BCUT2D eigenvalue weighted by molar-refractivity contribution is 5.95. The summed E-state index contributed by atoms with van der Waals surface area (Å²) in [4.78, 5) is 13.4. The van der Waals surface area contributed by atoms with Crippen molar-refractivity contribution in [2.45, 2.75) is 6.92 Å². The van der Waals surface area contributed by atoms with Crippen LogP contribution in [0.4, 0.5) is 0 Å². The highest BCUT2D eigenvalue weighted by Gasteiger charge is 2.15. The third kappa shape index (κ3) is 4.14. The summed E-state index contributed by atoms with van der Waals surface area (Å²) in [5, 5.41) is 17.4. The van der Waals surface area contributed by atoms with Crippen molar-refractivity contribution in [3.05, 3.63) is 34.9 Å². The summed E-state index contributed by atoms with van der Waals surface area (Å²) in [6, 6.07) is 8.94. The smallest absolute Gasteiger partial charge is 0.255 e. The minimum atomic E-state index is -0.354. The molecule has 0 saturated heterocycles. The zero-order valence-corrected chi connectivity index (χ0v) is 11.2. The largest absolute Gasteiger partial charge is 0.320 e. The minimum absolute atomic E-state index is 0.121. The lowest BCUT2D eigenvalue weighted by Gasteiger charge is -2.16. The van der Waals surface area contributed by atoms with Gasteiger partial charge < -0.3 is 10.6 Å². The second-order valence-electron chi connectivity index (χ2n) is 4.07. The molecule has 0 aliphatic carbocycles. The zero-order chi connectivity index (χ0) is 15.0. The maximum atomic E-state index is 12.3. The summed E-state index contributed by atoms with van der Waals surface area (Å²) in [6.07, 6.45) is 0. The number of benzene rings is 1. The van der Waals surface area contributed by atoms with Crippen molar-refractivity contribution in [2.24, 2.45) is 5.73 Å². The zero-order valence-electron chi connectivity index (χ0n) is 11.2. The molecular weight excluding hydrogens is 252 g/mol. The van der Waals surface area contributed by atoms with Crippen LogP contribution in [0, 0.1) is 41.4 Å². The van der Waals surface area contributed by atoms with E-state index in [1.807, 2.05) is 25.1 Å². The van der Waals surface area contributed by atoms with E-state index < -0.39 is 0 Å². The molecule has 5 heteroatoms. The van der Waals surface area contributed by atoms with Crippen LogP contribution in [0.2, 0.25) is 0 Å². The molecule has 0 radical (unpaired) electrons. The van der Waals surface area contributed by atoms with Crippen LogP contribution < -0.4 is 5.73 Å². The van der Waals surface area contributed by atoms with Gasteiger partial charge in [0.15, 0.2) is 0 Å². The quantitative estimate of drug-likeness (QED) is 0.646. The Kier molecular flexibility index (Phi) is 5.78. The van der Waals surface area contributed by atoms with Gasteiger partial charge in [0.1, 0.15) is 13.1 Å².